The summed E-state index contributed by atoms with van der Waals surface area (Å²) in [6.07, 6.45) is -0.784. The molecule has 1 aromatic carbocycles. The van der Waals surface area contributed by atoms with Gasteiger partial charge in [0.25, 0.3) is 6.43 Å². The molecule has 3 N–H and O–H groups in total. The van der Waals surface area contributed by atoms with Crippen molar-refractivity contribution in [2.45, 2.75) is 37.5 Å². The molecule has 0 spiro atoms. The highest BCUT2D eigenvalue weighted by Gasteiger charge is 2.38. The van der Waals surface area contributed by atoms with E-state index >= 15 is 0 Å². The predicted octanol–water partition coefficient (Wildman–Crippen LogP) is 4.70. The molecule has 0 saturated heterocycles. The van der Waals surface area contributed by atoms with E-state index < -0.39 is 29.2 Å². The molecular formula is C23H26F4N6O2S. The summed E-state index contributed by atoms with van der Waals surface area (Å²) in [5, 5.41) is 2.79. The van der Waals surface area contributed by atoms with E-state index in [1.54, 1.807) is 13.2 Å². The Morgan fingerprint density at radius 3 is 2.69 bits per heavy atom. The van der Waals surface area contributed by atoms with Crippen molar-refractivity contribution >= 4 is 39.5 Å². The van der Waals surface area contributed by atoms with Crippen LogP contribution >= 0.6 is 11.8 Å². The van der Waals surface area contributed by atoms with E-state index in [9.17, 15) is 17.6 Å². The van der Waals surface area contributed by atoms with Crippen molar-refractivity contribution in [2.75, 3.05) is 26.1 Å². The molecule has 2 aromatic heterocycles. The Morgan fingerprint density at radius 2 is 2.03 bits per heavy atom. The number of alkyl halides is 2. The van der Waals surface area contributed by atoms with E-state index in [2.05, 4.69) is 25.3 Å². The topological polar surface area (TPSA) is 108 Å². The summed E-state index contributed by atoms with van der Waals surface area (Å²) in [6.45, 7) is 3.39. The molecule has 36 heavy (non-hydrogen) atoms. The van der Waals surface area contributed by atoms with Gasteiger partial charge in [-0.3, -0.25) is 4.99 Å². The fourth-order valence-electron chi connectivity index (χ4n) is 3.36. The van der Waals surface area contributed by atoms with Crippen LogP contribution in [-0.2, 0) is 11.2 Å². The Hall–Kier alpha value is -3.19. The van der Waals surface area contributed by atoms with Gasteiger partial charge in [0.2, 0.25) is 5.88 Å². The first-order valence-electron chi connectivity index (χ1n) is 10.8. The average Bonchev–Trinajstić information content (AvgIpc) is 2.82. The Morgan fingerprint density at radius 1 is 1.28 bits per heavy atom. The van der Waals surface area contributed by atoms with E-state index in [0.717, 1.165) is 6.07 Å². The van der Waals surface area contributed by atoms with Gasteiger partial charge in [0.1, 0.15) is 11.6 Å². The van der Waals surface area contributed by atoms with Gasteiger partial charge in [-0.1, -0.05) is 11.8 Å². The molecule has 194 valence electrons. The van der Waals surface area contributed by atoms with Crippen LogP contribution < -0.4 is 15.8 Å². The molecule has 13 heteroatoms. The molecule has 2 heterocycles. The number of thioether (sulfide) groups is 1. The number of anilines is 2. The zero-order valence-electron chi connectivity index (χ0n) is 20.1. The van der Waals surface area contributed by atoms with E-state index in [-0.39, 0.29) is 34.2 Å². The smallest absolute Gasteiger partial charge is 0.253 e. The minimum Gasteiger partial charge on any atom is -0.471 e. The van der Waals surface area contributed by atoms with Crippen molar-refractivity contribution in [3.63, 3.8) is 0 Å². The van der Waals surface area contributed by atoms with Crippen molar-refractivity contribution in [2.24, 2.45) is 10.7 Å². The van der Waals surface area contributed by atoms with E-state index in [1.807, 2.05) is 6.92 Å². The third-order valence-corrected chi connectivity index (χ3v) is 6.27. The number of ether oxygens (including phenoxy) is 2. The lowest BCUT2D eigenvalue weighted by Gasteiger charge is -2.28. The molecule has 0 bridgehead atoms. The molecule has 0 saturated carbocycles. The van der Waals surface area contributed by atoms with Crippen LogP contribution in [0.5, 0.6) is 5.88 Å². The zero-order chi connectivity index (χ0) is 26.5. The summed E-state index contributed by atoms with van der Waals surface area (Å²) in [5.74, 6) is -1.94. The molecule has 0 unspecified atom stereocenters. The summed E-state index contributed by atoms with van der Waals surface area (Å²) in [4.78, 5) is 16.6. The predicted molar refractivity (Wildman–Crippen MR) is 132 cm³/mol. The highest BCUT2D eigenvalue weighted by atomic mass is 32.2. The van der Waals surface area contributed by atoms with Gasteiger partial charge in [-0.15, -0.1) is 0 Å². The number of aromatic nitrogens is 3. The number of pyridine rings is 1. The Labute approximate surface area is 209 Å². The number of nitrogens with two attached hydrogens (primary N) is 1. The summed E-state index contributed by atoms with van der Waals surface area (Å²) >= 11 is 0.603. The molecule has 3 aromatic rings. The van der Waals surface area contributed by atoms with Crippen molar-refractivity contribution in [3.8, 4) is 5.88 Å². The molecule has 0 aliphatic carbocycles. The minimum absolute atomic E-state index is 0.0912. The largest absolute Gasteiger partial charge is 0.471 e. The molecule has 2 atom stereocenters. The fourth-order valence-corrected chi connectivity index (χ4v) is 4.24. The van der Waals surface area contributed by atoms with Crippen LogP contribution in [-0.4, -0.2) is 58.2 Å². The maximum absolute atomic E-state index is 14.6. The van der Waals surface area contributed by atoms with Gasteiger partial charge in [-0.25, -0.2) is 32.5 Å². The number of benzene rings is 1. The zero-order valence-corrected chi connectivity index (χ0v) is 20.9. The number of rotatable bonds is 10. The number of nitrogens with one attached hydrogen (secondary N) is 1. The van der Waals surface area contributed by atoms with Crippen LogP contribution in [0.2, 0.25) is 0 Å². The molecule has 0 amide bonds. The Bertz CT molecular complexity index is 1250. The number of nitrogens with zero attached hydrogens (tertiary/aromatic N) is 4. The molecule has 0 aliphatic heterocycles. The van der Waals surface area contributed by atoms with E-state index in [4.69, 9.17) is 15.2 Å². The molecule has 8 nitrogen and oxygen atoms in total. The van der Waals surface area contributed by atoms with Gasteiger partial charge < -0.3 is 20.5 Å². The summed E-state index contributed by atoms with van der Waals surface area (Å²) < 4.78 is 65.7. The van der Waals surface area contributed by atoms with Crippen LogP contribution in [0.4, 0.5) is 29.1 Å². The lowest BCUT2D eigenvalue weighted by molar-refractivity contribution is 0.0889. The van der Waals surface area contributed by atoms with Gasteiger partial charge in [0.05, 0.1) is 23.1 Å². The first kappa shape index (κ1) is 27.4. The minimum atomic E-state index is -2.89. The number of aliphatic imine (C=N–C) groups is 1. The van der Waals surface area contributed by atoms with Crippen molar-refractivity contribution in [1.29, 1.82) is 0 Å². The molecular weight excluding hydrogens is 500 g/mol. The highest BCUT2D eigenvalue weighted by molar-refractivity contribution is 8.15. The van der Waals surface area contributed by atoms with Crippen LogP contribution in [0.25, 0.3) is 11.0 Å². The number of fused-ring (bicyclic) bond motifs is 1. The Balaban J connectivity index is 1.92. The molecule has 3 rings (SSSR count). The van der Waals surface area contributed by atoms with Crippen molar-refractivity contribution in [3.05, 3.63) is 47.8 Å². The van der Waals surface area contributed by atoms with Crippen LogP contribution in [0.15, 0.2) is 35.6 Å². The highest BCUT2D eigenvalue weighted by Crippen LogP contribution is 2.37. The monoisotopic (exact) mass is 526 g/mol. The number of hydrogen-bond donors (Lipinski definition) is 2. The van der Waals surface area contributed by atoms with Gasteiger partial charge >= 0.3 is 0 Å². The number of hydrogen-bond acceptors (Lipinski definition) is 8. The van der Waals surface area contributed by atoms with Crippen molar-refractivity contribution < 1.29 is 27.0 Å². The molecule has 0 fully saturated rings. The van der Waals surface area contributed by atoms with Gasteiger partial charge in [-0.05, 0) is 38.0 Å². The van der Waals surface area contributed by atoms with Gasteiger partial charge in [-0.2, -0.15) is 0 Å². The fraction of sp³-hybridized carbons (Fsp3) is 0.391. The molecule has 0 aliphatic rings. The lowest BCUT2D eigenvalue weighted by atomic mass is 9.99. The lowest BCUT2D eigenvalue weighted by Crippen LogP contribution is -2.36. The normalized spacial score (nSPS) is 14.6. The SMILES string of the molecule is C/N=C(/N)S[C@](C)(Cc1cc(Nc2nccc3nc(O[C@@H](C)COC)cnc23)cc(F)c1F)C(F)F. The standard InChI is InChI=1S/C23H26F4N6O2S/c1-12(11-34-4)35-17-10-31-19-16(33-17)5-6-30-20(19)32-14-7-13(18(25)15(24)8-14)9-23(2,21(26)27)36-22(28)29-3/h5-8,10,12,21H,9,11H2,1-4H3,(H2,28,29)(H,30,32)/t12-,23+/m0/s1. The second-order valence-corrected chi connectivity index (χ2v) is 9.68. The van der Waals surface area contributed by atoms with Crippen LogP contribution in [0, 0.1) is 11.6 Å². The van der Waals surface area contributed by atoms with Crippen LogP contribution in [0.1, 0.15) is 19.4 Å². The second kappa shape index (κ2) is 11.7. The van der Waals surface area contributed by atoms with E-state index in [0.29, 0.717) is 29.4 Å². The third-order valence-electron chi connectivity index (χ3n) is 5.09. The second-order valence-electron chi connectivity index (χ2n) is 8.13. The summed E-state index contributed by atoms with van der Waals surface area (Å²) in [5.41, 5.74) is 6.24. The number of amidine groups is 1. The van der Waals surface area contributed by atoms with Gasteiger partial charge in [0, 0.05) is 32.1 Å². The molecule has 0 radical (unpaired) electrons. The maximum Gasteiger partial charge on any atom is 0.253 e. The first-order chi connectivity index (χ1) is 17.1. The number of halogens is 4. The third kappa shape index (κ3) is 6.52. The first-order valence-corrected chi connectivity index (χ1v) is 11.6. The summed E-state index contributed by atoms with van der Waals surface area (Å²) in [6, 6.07) is 3.77. The average molecular weight is 527 g/mol. The quantitative estimate of drug-likeness (QED) is 0.222. The van der Waals surface area contributed by atoms with Crippen LogP contribution in [0.3, 0.4) is 0 Å². The van der Waals surface area contributed by atoms with Crippen molar-refractivity contribution in [1.82, 2.24) is 15.0 Å². The van der Waals surface area contributed by atoms with E-state index in [1.165, 1.54) is 32.4 Å². The Kier molecular flexibility index (Phi) is 8.90. The number of methoxy groups -OCH3 is 1. The maximum atomic E-state index is 14.6. The van der Waals surface area contributed by atoms with Gasteiger partial charge in [0.15, 0.2) is 22.6 Å². The summed E-state index contributed by atoms with van der Waals surface area (Å²) in [7, 11) is 2.91.